The minimum Gasteiger partial charge on any atom is -0.344 e. The predicted molar refractivity (Wildman–Crippen MR) is 90.0 cm³/mol. The molecule has 0 spiro atoms. The van der Waals surface area contributed by atoms with Crippen molar-refractivity contribution in [2.75, 3.05) is 25.0 Å². The van der Waals surface area contributed by atoms with Crippen LogP contribution in [0.25, 0.3) is 0 Å². The van der Waals surface area contributed by atoms with Crippen LogP contribution in [0.4, 0.5) is 14.5 Å². The molecule has 2 rings (SSSR count). The van der Waals surface area contributed by atoms with Crippen molar-refractivity contribution in [2.24, 2.45) is 0 Å². The number of anilines is 1. The average molecular weight is 347 g/mol. The number of hydrogen-bond acceptors (Lipinski definition) is 3. The molecule has 0 aliphatic heterocycles. The third kappa shape index (κ3) is 4.82. The maximum atomic E-state index is 13.9. The Morgan fingerprint density at radius 3 is 2.24 bits per heavy atom. The third-order valence-corrected chi connectivity index (χ3v) is 3.79. The quantitative estimate of drug-likeness (QED) is 0.806. The monoisotopic (exact) mass is 347 g/mol. The molecule has 2 aromatic rings. The second-order valence-corrected chi connectivity index (χ2v) is 5.60. The molecule has 0 saturated carbocycles. The van der Waals surface area contributed by atoms with E-state index in [1.165, 1.54) is 11.0 Å². The molecule has 1 heterocycles. The van der Waals surface area contributed by atoms with Gasteiger partial charge in [0.25, 0.3) is 0 Å². The Bertz CT molecular complexity index is 733. The van der Waals surface area contributed by atoms with Gasteiger partial charge in [-0.05, 0) is 36.2 Å². The molecule has 1 aromatic carbocycles. The molecule has 0 aliphatic rings. The van der Waals surface area contributed by atoms with Gasteiger partial charge in [0, 0.05) is 32.9 Å². The van der Waals surface area contributed by atoms with Gasteiger partial charge in [0.15, 0.2) is 0 Å². The second kappa shape index (κ2) is 8.32. The lowest BCUT2D eigenvalue weighted by Crippen LogP contribution is -2.42. The molecule has 5 nitrogen and oxygen atoms in total. The van der Waals surface area contributed by atoms with E-state index in [1.807, 2.05) is 12.1 Å². The SMILES string of the molecule is CC(=O)N(CC(=O)N(C)CCc1ccncc1)c1c(F)cccc1F. The lowest BCUT2D eigenvalue weighted by molar-refractivity contribution is -0.130. The molecule has 0 bridgehead atoms. The van der Waals surface area contributed by atoms with Crippen molar-refractivity contribution < 1.29 is 18.4 Å². The minimum absolute atomic E-state index is 0.410. The number of aromatic nitrogens is 1. The molecule has 0 radical (unpaired) electrons. The van der Waals surface area contributed by atoms with Gasteiger partial charge in [-0.15, -0.1) is 0 Å². The number of carbonyl (C=O) groups excluding carboxylic acids is 2. The van der Waals surface area contributed by atoms with Crippen LogP contribution in [0.15, 0.2) is 42.7 Å². The van der Waals surface area contributed by atoms with E-state index in [0.717, 1.165) is 29.5 Å². The normalized spacial score (nSPS) is 10.4. The second-order valence-electron chi connectivity index (χ2n) is 5.60. The lowest BCUT2D eigenvalue weighted by Gasteiger charge is -2.25. The van der Waals surface area contributed by atoms with E-state index in [1.54, 1.807) is 19.4 Å². The fourth-order valence-electron chi connectivity index (χ4n) is 2.32. The van der Waals surface area contributed by atoms with Crippen molar-refractivity contribution in [3.63, 3.8) is 0 Å². The first-order chi connectivity index (χ1) is 11.9. The summed E-state index contributed by atoms with van der Waals surface area (Å²) in [5.74, 6) is -2.79. The Morgan fingerprint density at radius 1 is 1.08 bits per heavy atom. The summed E-state index contributed by atoms with van der Waals surface area (Å²) in [4.78, 5) is 30.3. The molecule has 0 aliphatic carbocycles. The van der Waals surface area contributed by atoms with Crippen molar-refractivity contribution in [3.05, 3.63) is 59.9 Å². The molecule has 7 heteroatoms. The maximum Gasteiger partial charge on any atom is 0.242 e. The highest BCUT2D eigenvalue weighted by molar-refractivity contribution is 5.97. The van der Waals surface area contributed by atoms with Crippen molar-refractivity contribution in [1.82, 2.24) is 9.88 Å². The maximum absolute atomic E-state index is 13.9. The zero-order valence-corrected chi connectivity index (χ0v) is 14.1. The van der Waals surface area contributed by atoms with E-state index in [9.17, 15) is 18.4 Å². The zero-order chi connectivity index (χ0) is 18.4. The van der Waals surface area contributed by atoms with E-state index in [4.69, 9.17) is 0 Å². The molecule has 132 valence electrons. The van der Waals surface area contributed by atoms with Gasteiger partial charge in [0.05, 0.1) is 0 Å². The first-order valence-corrected chi connectivity index (χ1v) is 7.75. The topological polar surface area (TPSA) is 53.5 Å². The number of hydrogen-bond donors (Lipinski definition) is 0. The van der Waals surface area contributed by atoms with E-state index in [0.29, 0.717) is 13.0 Å². The summed E-state index contributed by atoms with van der Waals surface area (Å²) in [5, 5.41) is 0. The number of halogens is 2. The van der Waals surface area contributed by atoms with E-state index in [2.05, 4.69) is 4.98 Å². The summed E-state index contributed by atoms with van der Waals surface area (Å²) in [5.41, 5.74) is 0.504. The van der Waals surface area contributed by atoms with Crippen LogP contribution in [0.1, 0.15) is 12.5 Å². The highest BCUT2D eigenvalue weighted by Gasteiger charge is 2.24. The number of benzene rings is 1. The lowest BCUT2D eigenvalue weighted by atomic mass is 10.2. The zero-order valence-electron chi connectivity index (χ0n) is 14.1. The minimum atomic E-state index is -0.887. The Hall–Kier alpha value is -2.83. The Morgan fingerprint density at radius 2 is 1.68 bits per heavy atom. The van der Waals surface area contributed by atoms with Gasteiger partial charge in [-0.25, -0.2) is 8.78 Å². The summed E-state index contributed by atoms with van der Waals surface area (Å²) >= 11 is 0. The molecule has 1 aromatic heterocycles. The Balaban J connectivity index is 2.06. The Kier molecular flexibility index (Phi) is 6.16. The van der Waals surface area contributed by atoms with Crippen LogP contribution in [0.2, 0.25) is 0 Å². The molecule has 0 saturated heterocycles. The predicted octanol–water partition coefficient (Wildman–Crippen LogP) is 2.41. The van der Waals surface area contributed by atoms with Crippen molar-refractivity contribution in [1.29, 1.82) is 0 Å². The van der Waals surface area contributed by atoms with Crippen LogP contribution < -0.4 is 4.90 Å². The number of para-hydroxylation sites is 1. The summed E-state index contributed by atoms with van der Waals surface area (Å²) in [6.07, 6.45) is 3.93. The van der Waals surface area contributed by atoms with Crippen LogP contribution in [0, 0.1) is 11.6 Å². The molecule has 0 N–H and O–H groups in total. The standard InChI is InChI=1S/C18H19F2N3O2/c1-13(24)23(18-15(19)4-3-5-16(18)20)12-17(25)22(2)11-8-14-6-9-21-10-7-14/h3-7,9-10H,8,11-12H2,1-2H3. The van der Waals surface area contributed by atoms with Crippen LogP contribution in [0.5, 0.6) is 0 Å². The van der Waals surface area contributed by atoms with Gasteiger partial charge in [-0.1, -0.05) is 6.07 Å². The molecule has 25 heavy (non-hydrogen) atoms. The van der Waals surface area contributed by atoms with Crippen molar-refractivity contribution in [3.8, 4) is 0 Å². The number of likely N-dealkylation sites (N-methyl/N-ethyl adjacent to an activating group) is 1. The number of rotatable bonds is 6. The molecular weight excluding hydrogens is 328 g/mol. The van der Waals surface area contributed by atoms with Gasteiger partial charge in [0.1, 0.15) is 23.9 Å². The largest absolute Gasteiger partial charge is 0.344 e. The van der Waals surface area contributed by atoms with Gasteiger partial charge >= 0.3 is 0 Å². The molecule has 0 atom stereocenters. The van der Waals surface area contributed by atoms with E-state index >= 15 is 0 Å². The summed E-state index contributed by atoms with van der Waals surface area (Å²) in [7, 11) is 1.58. The highest BCUT2D eigenvalue weighted by Crippen LogP contribution is 2.23. The fourth-order valence-corrected chi connectivity index (χ4v) is 2.32. The number of carbonyl (C=O) groups is 2. The number of pyridine rings is 1. The molecule has 0 unspecified atom stereocenters. The van der Waals surface area contributed by atoms with Crippen LogP contribution in [-0.2, 0) is 16.0 Å². The third-order valence-electron chi connectivity index (χ3n) is 3.79. The number of amides is 2. The first-order valence-electron chi connectivity index (χ1n) is 7.75. The first kappa shape index (κ1) is 18.5. The molecular formula is C18H19F2N3O2. The molecule has 2 amide bonds. The van der Waals surface area contributed by atoms with Gasteiger partial charge in [-0.3, -0.25) is 19.5 Å². The van der Waals surface area contributed by atoms with E-state index in [-0.39, 0.29) is 0 Å². The van der Waals surface area contributed by atoms with E-state index < -0.39 is 35.7 Å². The van der Waals surface area contributed by atoms with Crippen molar-refractivity contribution in [2.45, 2.75) is 13.3 Å². The smallest absolute Gasteiger partial charge is 0.242 e. The van der Waals surface area contributed by atoms with Crippen molar-refractivity contribution >= 4 is 17.5 Å². The highest BCUT2D eigenvalue weighted by atomic mass is 19.1. The summed E-state index contributed by atoms with van der Waals surface area (Å²) < 4.78 is 27.8. The summed E-state index contributed by atoms with van der Waals surface area (Å²) in [6.45, 7) is 1.14. The summed E-state index contributed by atoms with van der Waals surface area (Å²) in [6, 6.07) is 6.98. The number of nitrogens with zero attached hydrogens (tertiary/aromatic N) is 3. The average Bonchev–Trinajstić information content (AvgIpc) is 2.59. The van der Waals surface area contributed by atoms with Gasteiger partial charge in [0.2, 0.25) is 11.8 Å². The van der Waals surface area contributed by atoms with Gasteiger partial charge in [-0.2, -0.15) is 0 Å². The molecule has 0 fully saturated rings. The Labute approximate surface area is 144 Å². The van der Waals surface area contributed by atoms with Crippen LogP contribution >= 0.6 is 0 Å². The van der Waals surface area contributed by atoms with Crippen LogP contribution in [-0.4, -0.2) is 41.8 Å². The fraction of sp³-hybridized carbons (Fsp3) is 0.278. The van der Waals surface area contributed by atoms with Gasteiger partial charge < -0.3 is 4.90 Å². The van der Waals surface area contributed by atoms with Crippen LogP contribution in [0.3, 0.4) is 0 Å².